The van der Waals surface area contributed by atoms with Gasteiger partial charge in [0.05, 0.1) is 13.2 Å². The zero-order valence-corrected chi connectivity index (χ0v) is 15.7. The minimum absolute atomic E-state index is 0.0115. The van der Waals surface area contributed by atoms with Crippen LogP contribution in [0.25, 0.3) is 0 Å². The average Bonchev–Trinajstić information content (AvgIpc) is 3.14. The quantitative estimate of drug-likeness (QED) is 0.727. The number of rotatable bonds is 8. The Morgan fingerprint density at radius 3 is 2.63 bits per heavy atom. The Morgan fingerprint density at radius 1 is 1.07 bits per heavy atom. The highest BCUT2D eigenvalue weighted by molar-refractivity contribution is 6.01. The Hall–Kier alpha value is -2.82. The van der Waals surface area contributed by atoms with Crippen molar-refractivity contribution in [3.8, 4) is 5.75 Å². The minimum Gasteiger partial charge on any atom is -0.494 e. The van der Waals surface area contributed by atoms with Crippen molar-refractivity contribution in [1.82, 2.24) is 5.32 Å². The molecule has 1 aliphatic rings. The van der Waals surface area contributed by atoms with Crippen LogP contribution in [0, 0.1) is 0 Å². The number of unbranched alkanes of at least 4 members (excludes halogenated alkanes) is 2. The van der Waals surface area contributed by atoms with Crippen LogP contribution in [0.1, 0.15) is 42.1 Å². The molecule has 1 heterocycles. The Balaban J connectivity index is 1.48. The molecule has 0 bridgehead atoms. The third-order valence-corrected chi connectivity index (χ3v) is 4.72. The van der Waals surface area contributed by atoms with Crippen LogP contribution in [0.2, 0.25) is 0 Å². The lowest BCUT2D eigenvalue weighted by Crippen LogP contribution is -2.39. The van der Waals surface area contributed by atoms with Crippen molar-refractivity contribution < 1.29 is 14.3 Å². The van der Waals surface area contributed by atoms with Gasteiger partial charge in [0.15, 0.2) is 0 Å². The predicted molar refractivity (Wildman–Crippen MR) is 106 cm³/mol. The minimum atomic E-state index is -0.256. The Morgan fingerprint density at radius 2 is 1.85 bits per heavy atom. The maximum absolute atomic E-state index is 12.5. The number of carbonyl (C=O) groups is 2. The van der Waals surface area contributed by atoms with Crippen LogP contribution in [-0.2, 0) is 11.2 Å². The van der Waals surface area contributed by atoms with Gasteiger partial charge in [-0.25, -0.2) is 0 Å². The summed E-state index contributed by atoms with van der Waals surface area (Å²) in [4.78, 5) is 26.5. The molecule has 1 aliphatic heterocycles. The van der Waals surface area contributed by atoms with Crippen LogP contribution in [0.3, 0.4) is 0 Å². The zero-order chi connectivity index (χ0) is 19.1. The van der Waals surface area contributed by atoms with Crippen LogP contribution >= 0.6 is 0 Å². The number of hydrogen-bond acceptors (Lipinski definition) is 3. The Labute approximate surface area is 160 Å². The molecule has 0 unspecified atom stereocenters. The molecule has 0 aliphatic carbocycles. The highest BCUT2D eigenvalue weighted by atomic mass is 16.5. The van der Waals surface area contributed by atoms with Crippen LogP contribution in [-0.4, -0.2) is 31.5 Å². The second-order valence-electron chi connectivity index (χ2n) is 6.69. The molecule has 2 amide bonds. The third-order valence-electron chi connectivity index (χ3n) is 4.72. The molecule has 142 valence electrons. The summed E-state index contributed by atoms with van der Waals surface area (Å²) in [5.74, 6) is 0.407. The highest BCUT2D eigenvalue weighted by Gasteiger charge is 2.24. The van der Waals surface area contributed by atoms with Gasteiger partial charge in [-0.15, -0.1) is 0 Å². The van der Waals surface area contributed by atoms with E-state index in [0.717, 1.165) is 37.1 Å². The molecule has 0 fully saturated rings. The Bertz CT molecular complexity index is 786. The number of carbonyl (C=O) groups excluding carboxylic acids is 2. The molecule has 5 heteroatoms. The third kappa shape index (κ3) is 4.88. The van der Waals surface area contributed by atoms with Gasteiger partial charge in [0.2, 0.25) is 5.91 Å². The van der Waals surface area contributed by atoms with Gasteiger partial charge in [-0.2, -0.15) is 0 Å². The fourth-order valence-corrected chi connectivity index (χ4v) is 3.20. The summed E-state index contributed by atoms with van der Waals surface area (Å²) in [6, 6.07) is 14.9. The number of hydrogen-bond donors (Lipinski definition) is 1. The molecule has 0 saturated carbocycles. The second-order valence-corrected chi connectivity index (χ2v) is 6.69. The van der Waals surface area contributed by atoms with Crippen molar-refractivity contribution in [2.45, 2.75) is 32.6 Å². The largest absolute Gasteiger partial charge is 0.494 e. The first kappa shape index (κ1) is 19.0. The van der Waals surface area contributed by atoms with Crippen LogP contribution < -0.4 is 15.0 Å². The summed E-state index contributed by atoms with van der Waals surface area (Å²) < 4.78 is 5.65. The second kappa shape index (κ2) is 9.21. The van der Waals surface area contributed by atoms with Crippen LogP contribution in [0.15, 0.2) is 48.5 Å². The van der Waals surface area contributed by atoms with E-state index >= 15 is 0 Å². The first-order valence-corrected chi connectivity index (χ1v) is 9.58. The van der Waals surface area contributed by atoms with E-state index in [0.29, 0.717) is 18.7 Å². The first-order chi connectivity index (χ1) is 13.2. The van der Waals surface area contributed by atoms with E-state index in [1.54, 1.807) is 29.2 Å². The molecule has 2 aromatic carbocycles. The van der Waals surface area contributed by atoms with Crippen molar-refractivity contribution >= 4 is 17.5 Å². The summed E-state index contributed by atoms with van der Waals surface area (Å²) in [5, 5.41) is 2.71. The molecule has 0 saturated heterocycles. The lowest BCUT2D eigenvalue weighted by atomic mass is 10.2. The number of nitrogens with zero attached hydrogens (tertiary/aromatic N) is 1. The molecule has 0 spiro atoms. The SMILES string of the molecule is CCCCCOc1ccc(C(=O)NCC(=O)N2CCc3ccccc32)cc1. The number of ether oxygens (including phenoxy) is 1. The number of nitrogens with one attached hydrogen (secondary N) is 1. The van der Waals surface area contributed by atoms with Gasteiger partial charge >= 0.3 is 0 Å². The van der Waals surface area contributed by atoms with Crippen LogP contribution in [0.5, 0.6) is 5.75 Å². The standard InChI is InChI=1S/C22H26N2O3/c1-2-3-6-15-27-19-11-9-18(10-12-19)22(26)23-16-21(25)24-14-13-17-7-4-5-8-20(17)24/h4-5,7-12H,2-3,6,13-16H2,1H3,(H,23,26). The van der Waals surface area contributed by atoms with Crippen molar-refractivity contribution in [2.75, 3.05) is 24.6 Å². The van der Waals surface area contributed by atoms with E-state index in [9.17, 15) is 9.59 Å². The molecular formula is C22H26N2O3. The van der Waals surface area contributed by atoms with E-state index in [2.05, 4.69) is 12.2 Å². The van der Waals surface area contributed by atoms with E-state index < -0.39 is 0 Å². The summed E-state index contributed by atoms with van der Waals surface area (Å²) in [5.41, 5.74) is 2.64. The maximum Gasteiger partial charge on any atom is 0.251 e. The average molecular weight is 366 g/mol. The van der Waals surface area contributed by atoms with E-state index in [1.165, 1.54) is 5.56 Å². The molecule has 27 heavy (non-hydrogen) atoms. The number of benzene rings is 2. The van der Waals surface area contributed by atoms with Crippen molar-refractivity contribution in [3.63, 3.8) is 0 Å². The van der Waals surface area contributed by atoms with Gasteiger partial charge in [-0.1, -0.05) is 38.0 Å². The van der Waals surface area contributed by atoms with Crippen molar-refractivity contribution in [1.29, 1.82) is 0 Å². The number of amides is 2. The molecule has 0 atom stereocenters. The smallest absolute Gasteiger partial charge is 0.251 e. The van der Waals surface area contributed by atoms with Gasteiger partial charge in [0, 0.05) is 17.8 Å². The Kier molecular flexibility index (Phi) is 6.47. The summed E-state index contributed by atoms with van der Waals surface area (Å²) in [6.45, 7) is 3.49. The summed E-state index contributed by atoms with van der Waals surface area (Å²) >= 11 is 0. The van der Waals surface area contributed by atoms with Crippen molar-refractivity contribution in [2.24, 2.45) is 0 Å². The molecule has 5 nitrogen and oxygen atoms in total. The molecule has 0 aromatic heterocycles. The van der Waals surface area contributed by atoms with Gasteiger partial charge in [-0.3, -0.25) is 9.59 Å². The number of anilines is 1. The molecule has 3 rings (SSSR count). The lowest BCUT2D eigenvalue weighted by molar-refractivity contribution is -0.117. The fourth-order valence-electron chi connectivity index (χ4n) is 3.20. The summed E-state index contributed by atoms with van der Waals surface area (Å²) in [6.07, 6.45) is 4.19. The van der Waals surface area contributed by atoms with Gasteiger partial charge in [-0.05, 0) is 48.7 Å². The molecule has 2 aromatic rings. The van der Waals surface area contributed by atoms with Crippen molar-refractivity contribution in [3.05, 3.63) is 59.7 Å². The normalized spacial score (nSPS) is 12.6. The topological polar surface area (TPSA) is 58.6 Å². The fraction of sp³-hybridized carbons (Fsp3) is 0.364. The molecule has 0 radical (unpaired) electrons. The lowest BCUT2D eigenvalue weighted by Gasteiger charge is -2.17. The predicted octanol–water partition coefficient (Wildman–Crippen LogP) is 3.57. The molecule has 1 N–H and O–H groups in total. The number of fused-ring (bicyclic) bond motifs is 1. The maximum atomic E-state index is 12.5. The van der Waals surface area contributed by atoms with E-state index in [4.69, 9.17) is 4.74 Å². The van der Waals surface area contributed by atoms with Gasteiger partial charge in [0.1, 0.15) is 5.75 Å². The van der Waals surface area contributed by atoms with E-state index in [1.807, 2.05) is 24.3 Å². The monoisotopic (exact) mass is 366 g/mol. The van der Waals surface area contributed by atoms with Gasteiger partial charge < -0.3 is 15.0 Å². The first-order valence-electron chi connectivity index (χ1n) is 9.58. The highest BCUT2D eigenvalue weighted by Crippen LogP contribution is 2.27. The molecular weight excluding hydrogens is 340 g/mol. The number of para-hydroxylation sites is 1. The van der Waals surface area contributed by atoms with Gasteiger partial charge in [0.25, 0.3) is 5.91 Å². The zero-order valence-electron chi connectivity index (χ0n) is 15.7. The van der Waals surface area contributed by atoms with E-state index in [-0.39, 0.29) is 18.4 Å². The van der Waals surface area contributed by atoms with Crippen LogP contribution in [0.4, 0.5) is 5.69 Å². The summed E-state index contributed by atoms with van der Waals surface area (Å²) in [7, 11) is 0.